The Morgan fingerprint density at radius 2 is 1.90 bits per heavy atom. The lowest BCUT2D eigenvalue weighted by atomic mass is 9.98. The molecule has 1 unspecified atom stereocenters. The Balaban J connectivity index is 2.26. The number of halogens is 1. The van der Waals surface area contributed by atoms with Crippen molar-refractivity contribution in [3.05, 3.63) is 64.7 Å². The van der Waals surface area contributed by atoms with Crippen LogP contribution in [0.4, 0.5) is 5.69 Å². The zero-order chi connectivity index (χ0) is 15.4. The first kappa shape index (κ1) is 15.5. The van der Waals surface area contributed by atoms with Gasteiger partial charge in [0.2, 0.25) is 5.91 Å². The summed E-state index contributed by atoms with van der Waals surface area (Å²) in [6, 6.07) is 14.5. The second-order valence-electron chi connectivity index (χ2n) is 4.69. The van der Waals surface area contributed by atoms with Crippen molar-refractivity contribution in [1.29, 1.82) is 0 Å². The lowest BCUT2D eigenvalue weighted by Crippen LogP contribution is -2.31. The molecule has 0 bridgehead atoms. The molecule has 0 fully saturated rings. The first-order valence-corrected chi connectivity index (χ1v) is 7.19. The smallest absolute Gasteiger partial charge is 0.238 e. The molecule has 0 aromatic heterocycles. The van der Waals surface area contributed by atoms with Crippen molar-refractivity contribution in [3.63, 3.8) is 0 Å². The quantitative estimate of drug-likeness (QED) is 0.846. The third kappa shape index (κ3) is 3.80. The molecule has 2 rings (SSSR count). The van der Waals surface area contributed by atoms with Gasteiger partial charge in [0.25, 0.3) is 0 Å². The van der Waals surface area contributed by atoms with Crippen molar-refractivity contribution in [2.75, 3.05) is 5.32 Å². The van der Waals surface area contributed by atoms with Crippen LogP contribution in [0.5, 0.6) is 0 Å². The molecule has 0 aliphatic heterocycles. The SMILES string of the molecule is Cc1cc(Cl)ccc1NC(=O)C(C(N)=S)c1ccccc1. The molecule has 3 N–H and O–H groups in total. The van der Waals surface area contributed by atoms with Crippen molar-refractivity contribution >= 4 is 40.4 Å². The number of nitrogens with one attached hydrogen (secondary N) is 1. The van der Waals surface area contributed by atoms with Crippen molar-refractivity contribution in [1.82, 2.24) is 0 Å². The summed E-state index contributed by atoms with van der Waals surface area (Å²) in [6.07, 6.45) is 0. The number of rotatable bonds is 4. The van der Waals surface area contributed by atoms with E-state index >= 15 is 0 Å². The van der Waals surface area contributed by atoms with E-state index in [0.717, 1.165) is 11.1 Å². The van der Waals surface area contributed by atoms with Crippen molar-refractivity contribution in [2.24, 2.45) is 5.73 Å². The molecule has 108 valence electrons. The number of thiocarbonyl (C=S) groups is 1. The van der Waals surface area contributed by atoms with Gasteiger partial charge in [0.05, 0.1) is 4.99 Å². The number of carbonyl (C=O) groups excluding carboxylic acids is 1. The second-order valence-corrected chi connectivity index (χ2v) is 5.60. The number of aryl methyl sites for hydroxylation is 1. The average molecular weight is 319 g/mol. The van der Waals surface area contributed by atoms with E-state index in [9.17, 15) is 4.79 Å². The number of benzene rings is 2. The van der Waals surface area contributed by atoms with Crippen LogP contribution in [0, 0.1) is 6.92 Å². The maximum atomic E-state index is 12.5. The number of carbonyl (C=O) groups is 1. The van der Waals surface area contributed by atoms with Crippen LogP contribution >= 0.6 is 23.8 Å². The Morgan fingerprint density at radius 1 is 1.24 bits per heavy atom. The minimum atomic E-state index is -0.656. The summed E-state index contributed by atoms with van der Waals surface area (Å²) in [7, 11) is 0. The van der Waals surface area contributed by atoms with Crippen LogP contribution in [0.1, 0.15) is 17.0 Å². The molecule has 5 heteroatoms. The van der Waals surface area contributed by atoms with Crippen LogP contribution in [0.25, 0.3) is 0 Å². The number of amides is 1. The molecule has 0 saturated carbocycles. The van der Waals surface area contributed by atoms with E-state index in [1.807, 2.05) is 37.3 Å². The molecule has 2 aromatic carbocycles. The van der Waals surface area contributed by atoms with Gasteiger partial charge in [-0.05, 0) is 36.2 Å². The minimum absolute atomic E-state index is 0.144. The lowest BCUT2D eigenvalue weighted by molar-refractivity contribution is -0.116. The van der Waals surface area contributed by atoms with Crippen LogP contribution in [0.15, 0.2) is 48.5 Å². The molecule has 3 nitrogen and oxygen atoms in total. The van der Waals surface area contributed by atoms with Gasteiger partial charge in [0, 0.05) is 10.7 Å². The molecule has 0 heterocycles. The highest BCUT2D eigenvalue weighted by Crippen LogP contribution is 2.23. The Bertz CT molecular complexity index is 673. The minimum Gasteiger partial charge on any atom is -0.392 e. The fraction of sp³-hybridized carbons (Fsp3) is 0.125. The molecule has 0 spiro atoms. The monoisotopic (exact) mass is 318 g/mol. The van der Waals surface area contributed by atoms with Gasteiger partial charge in [-0.15, -0.1) is 0 Å². The number of hydrogen-bond acceptors (Lipinski definition) is 2. The van der Waals surface area contributed by atoms with Crippen molar-refractivity contribution in [2.45, 2.75) is 12.8 Å². The summed E-state index contributed by atoms with van der Waals surface area (Å²) in [5.41, 5.74) is 8.08. The van der Waals surface area contributed by atoms with Crippen molar-refractivity contribution < 1.29 is 4.79 Å². The highest BCUT2D eigenvalue weighted by atomic mass is 35.5. The molecule has 1 atom stereocenters. The van der Waals surface area contributed by atoms with E-state index in [0.29, 0.717) is 10.7 Å². The molecule has 0 aliphatic carbocycles. The first-order chi connectivity index (χ1) is 9.99. The van der Waals surface area contributed by atoms with Crippen LogP contribution in [0.3, 0.4) is 0 Å². The molecule has 0 aliphatic rings. The van der Waals surface area contributed by atoms with Crippen LogP contribution in [0.2, 0.25) is 5.02 Å². The van der Waals surface area contributed by atoms with Gasteiger partial charge >= 0.3 is 0 Å². The predicted molar refractivity (Wildman–Crippen MR) is 90.8 cm³/mol. The maximum Gasteiger partial charge on any atom is 0.238 e. The van der Waals surface area contributed by atoms with Gasteiger partial charge in [-0.25, -0.2) is 0 Å². The largest absolute Gasteiger partial charge is 0.392 e. The molecule has 21 heavy (non-hydrogen) atoms. The third-order valence-corrected chi connectivity index (χ3v) is 3.60. The topological polar surface area (TPSA) is 55.1 Å². The van der Waals surface area contributed by atoms with E-state index in [-0.39, 0.29) is 10.9 Å². The fourth-order valence-electron chi connectivity index (χ4n) is 2.06. The summed E-state index contributed by atoms with van der Waals surface area (Å²) in [5.74, 6) is -0.907. The number of nitrogens with two attached hydrogens (primary N) is 1. The summed E-state index contributed by atoms with van der Waals surface area (Å²) in [4.78, 5) is 12.6. The summed E-state index contributed by atoms with van der Waals surface area (Å²) in [6.45, 7) is 1.87. The Morgan fingerprint density at radius 3 is 2.48 bits per heavy atom. The number of anilines is 1. The van der Waals surface area contributed by atoms with Crippen LogP contribution in [-0.4, -0.2) is 10.9 Å². The van der Waals surface area contributed by atoms with Gasteiger partial charge < -0.3 is 11.1 Å². The second kappa shape index (κ2) is 6.70. The van der Waals surface area contributed by atoms with E-state index in [1.165, 1.54) is 0 Å². The van der Waals surface area contributed by atoms with Gasteiger partial charge in [-0.1, -0.05) is 54.2 Å². The Kier molecular flexibility index (Phi) is 4.94. The molecule has 2 aromatic rings. The van der Waals surface area contributed by atoms with Crippen LogP contribution < -0.4 is 11.1 Å². The highest BCUT2D eigenvalue weighted by molar-refractivity contribution is 7.80. The molecular weight excluding hydrogens is 304 g/mol. The highest BCUT2D eigenvalue weighted by Gasteiger charge is 2.23. The summed E-state index contributed by atoms with van der Waals surface area (Å²) < 4.78 is 0. The zero-order valence-corrected chi connectivity index (χ0v) is 13.0. The van der Waals surface area contributed by atoms with E-state index in [1.54, 1.807) is 18.2 Å². The first-order valence-electron chi connectivity index (χ1n) is 6.40. The fourth-order valence-corrected chi connectivity index (χ4v) is 2.53. The number of hydrogen-bond donors (Lipinski definition) is 2. The average Bonchev–Trinajstić information content (AvgIpc) is 2.43. The van der Waals surface area contributed by atoms with E-state index in [4.69, 9.17) is 29.6 Å². The lowest BCUT2D eigenvalue weighted by Gasteiger charge is -2.17. The third-order valence-electron chi connectivity index (χ3n) is 3.13. The maximum absolute atomic E-state index is 12.5. The predicted octanol–water partition coefficient (Wildman–Crippen LogP) is 3.66. The zero-order valence-electron chi connectivity index (χ0n) is 11.5. The molecule has 0 radical (unpaired) electrons. The van der Waals surface area contributed by atoms with Gasteiger partial charge in [0.1, 0.15) is 5.92 Å². The van der Waals surface area contributed by atoms with Crippen molar-refractivity contribution in [3.8, 4) is 0 Å². The standard InChI is InChI=1S/C16H15ClN2OS/c1-10-9-12(17)7-8-13(10)19-16(20)14(15(18)21)11-5-3-2-4-6-11/h2-9,14H,1H3,(H2,18,21)(H,19,20). The summed E-state index contributed by atoms with van der Waals surface area (Å²) in [5, 5.41) is 3.48. The van der Waals surface area contributed by atoms with E-state index < -0.39 is 5.92 Å². The van der Waals surface area contributed by atoms with Gasteiger partial charge in [-0.2, -0.15) is 0 Å². The molecule has 1 amide bonds. The Hall–Kier alpha value is -1.91. The normalized spacial score (nSPS) is 11.7. The van der Waals surface area contributed by atoms with Crippen LogP contribution in [-0.2, 0) is 4.79 Å². The van der Waals surface area contributed by atoms with Gasteiger partial charge in [0.15, 0.2) is 0 Å². The molecular formula is C16H15ClN2OS. The molecule has 0 saturated heterocycles. The van der Waals surface area contributed by atoms with E-state index in [2.05, 4.69) is 5.32 Å². The summed E-state index contributed by atoms with van der Waals surface area (Å²) >= 11 is 10.9. The van der Waals surface area contributed by atoms with Gasteiger partial charge in [-0.3, -0.25) is 4.79 Å². The Labute approximate surface area is 134 Å².